The van der Waals surface area contributed by atoms with Crippen molar-refractivity contribution < 1.29 is 0 Å². The van der Waals surface area contributed by atoms with E-state index >= 15 is 0 Å². The third kappa shape index (κ3) is 4.52. The Morgan fingerprint density at radius 2 is 1.12 bits per heavy atom. The number of benzene rings is 5. The summed E-state index contributed by atoms with van der Waals surface area (Å²) in [6, 6.07) is 39.8. The van der Waals surface area contributed by atoms with E-state index in [2.05, 4.69) is 126 Å². The average Bonchev–Trinajstić information content (AvgIpc) is 3.08. The summed E-state index contributed by atoms with van der Waals surface area (Å²) in [5, 5.41) is 5.35. The summed E-state index contributed by atoms with van der Waals surface area (Å²) in [4.78, 5) is 8.81. The van der Waals surface area contributed by atoms with Gasteiger partial charge in [-0.2, -0.15) is 0 Å². The maximum absolute atomic E-state index is 4.40. The lowest BCUT2D eigenvalue weighted by Crippen LogP contribution is -2.05. The van der Waals surface area contributed by atoms with Gasteiger partial charge in [0.2, 0.25) is 0 Å². The second kappa shape index (κ2) is 10.5. The molecule has 0 N–H and O–H groups in total. The molecule has 2 aromatic heterocycles. The zero-order chi connectivity index (χ0) is 28.8. The van der Waals surface area contributed by atoms with Crippen LogP contribution in [0.2, 0.25) is 0 Å². The van der Waals surface area contributed by atoms with Gasteiger partial charge >= 0.3 is 0 Å². The predicted octanol–water partition coefficient (Wildman–Crippen LogP) is 10.7. The summed E-state index contributed by atoms with van der Waals surface area (Å²) in [5.41, 5.74) is 12.1. The molecule has 0 saturated carbocycles. The maximum Gasteiger partial charge on any atom is 0.0346 e. The SMILES string of the molecule is CC1C=Cc2c(c3cc(-c4ccccc4-c4cc(-c5cccnc5)cc(-c5cccnc5)c4)ccc3c3ccccc23)C1. The van der Waals surface area contributed by atoms with E-state index in [-0.39, 0.29) is 0 Å². The number of fused-ring (bicyclic) bond motifs is 6. The predicted molar refractivity (Wildman–Crippen MR) is 181 cm³/mol. The molecule has 1 atom stereocenters. The topological polar surface area (TPSA) is 25.8 Å². The van der Waals surface area contributed by atoms with Crippen LogP contribution in [0.4, 0.5) is 0 Å². The van der Waals surface area contributed by atoms with Gasteiger partial charge in [0.15, 0.2) is 0 Å². The lowest BCUT2D eigenvalue weighted by atomic mass is 9.82. The fourth-order valence-electron chi connectivity index (χ4n) is 6.69. The molecule has 1 aliphatic carbocycles. The molecule has 0 spiro atoms. The van der Waals surface area contributed by atoms with Crippen LogP contribution in [0.1, 0.15) is 18.1 Å². The second-order valence-corrected chi connectivity index (χ2v) is 11.6. The number of allylic oxidation sites excluding steroid dienone is 1. The highest BCUT2D eigenvalue weighted by molar-refractivity contribution is 6.14. The van der Waals surface area contributed by atoms with Gasteiger partial charge in [-0.05, 0) is 115 Å². The van der Waals surface area contributed by atoms with Crippen LogP contribution in [0.25, 0.3) is 72.1 Å². The van der Waals surface area contributed by atoms with E-state index in [4.69, 9.17) is 0 Å². The number of pyridine rings is 2. The molecule has 1 unspecified atom stereocenters. The van der Waals surface area contributed by atoms with Crippen molar-refractivity contribution in [2.75, 3.05) is 0 Å². The van der Waals surface area contributed by atoms with Crippen LogP contribution in [0, 0.1) is 5.92 Å². The molecule has 43 heavy (non-hydrogen) atoms. The molecule has 0 radical (unpaired) electrons. The zero-order valence-electron chi connectivity index (χ0n) is 24.0. The fraction of sp³-hybridized carbons (Fsp3) is 0.0732. The summed E-state index contributed by atoms with van der Waals surface area (Å²) < 4.78 is 0. The second-order valence-electron chi connectivity index (χ2n) is 11.6. The molecule has 0 aliphatic heterocycles. The van der Waals surface area contributed by atoms with Gasteiger partial charge in [-0.1, -0.05) is 91.9 Å². The Morgan fingerprint density at radius 3 is 1.79 bits per heavy atom. The first-order valence-corrected chi connectivity index (χ1v) is 14.9. The third-order valence-corrected chi connectivity index (χ3v) is 8.77. The van der Waals surface area contributed by atoms with E-state index in [9.17, 15) is 0 Å². The summed E-state index contributed by atoms with van der Waals surface area (Å²) >= 11 is 0. The highest BCUT2D eigenvalue weighted by Crippen LogP contribution is 2.42. The third-order valence-electron chi connectivity index (χ3n) is 8.77. The monoisotopic (exact) mass is 550 g/mol. The molecular weight excluding hydrogens is 520 g/mol. The van der Waals surface area contributed by atoms with Crippen molar-refractivity contribution in [3.63, 3.8) is 0 Å². The first kappa shape index (κ1) is 25.4. The molecule has 2 heterocycles. The minimum Gasteiger partial charge on any atom is -0.264 e. The smallest absolute Gasteiger partial charge is 0.0346 e. The van der Waals surface area contributed by atoms with Gasteiger partial charge in [-0.25, -0.2) is 0 Å². The van der Waals surface area contributed by atoms with Crippen molar-refractivity contribution in [1.29, 1.82) is 0 Å². The average molecular weight is 551 g/mol. The quantitative estimate of drug-likeness (QED) is 0.204. The molecule has 5 aromatic carbocycles. The van der Waals surface area contributed by atoms with E-state index in [0.717, 1.165) is 28.7 Å². The van der Waals surface area contributed by atoms with Gasteiger partial charge in [0.1, 0.15) is 0 Å². The van der Waals surface area contributed by atoms with Crippen molar-refractivity contribution in [2.45, 2.75) is 13.3 Å². The van der Waals surface area contributed by atoms with Crippen molar-refractivity contribution in [2.24, 2.45) is 5.92 Å². The van der Waals surface area contributed by atoms with Crippen LogP contribution >= 0.6 is 0 Å². The summed E-state index contributed by atoms with van der Waals surface area (Å²) in [7, 11) is 0. The molecule has 0 saturated heterocycles. The van der Waals surface area contributed by atoms with Gasteiger partial charge in [-0.15, -0.1) is 0 Å². The van der Waals surface area contributed by atoms with Crippen LogP contribution < -0.4 is 0 Å². The van der Waals surface area contributed by atoms with E-state index in [1.54, 1.807) is 0 Å². The molecule has 0 amide bonds. The normalized spacial score (nSPS) is 14.2. The Bertz CT molecular complexity index is 2100. The first-order valence-electron chi connectivity index (χ1n) is 14.9. The molecule has 0 fully saturated rings. The van der Waals surface area contributed by atoms with Gasteiger partial charge in [0.05, 0.1) is 0 Å². The van der Waals surface area contributed by atoms with Gasteiger partial charge in [0, 0.05) is 35.9 Å². The highest BCUT2D eigenvalue weighted by Gasteiger charge is 2.19. The largest absolute Gasteiger partial charge is 0.264 e. The van der Waals surface area contributed by atoms with Crippen molar-refractivity contribution in [1.82, 2.24) is 9.97 Å². The van der Waals surface area contributed by atoms with E-state index in [0.29, 0.717) is 5.92 Å². The molecule has 8 rings (SSSR count). The Balaban J connectivity index is 1.35. The zero-order valence-corrected chi connectivity index (χ0v) is 24.0. The standard InChI is InChI=1S/C41H30N2/c1-27-14-16-38-36-12-4-5-13-37(36)39-17-15-28(24-41(39)40(38)20-27)34-10-2-3-11-35(34)33-22-31(29-8-6-18-42-25-29)21-32(23-33)30-9-7-19-43-26-30/h2-19,21-27H,20H2,1H3. The summed E-state index contributed by atoms with van der Waals surface area (Å²) in [5.74, 6) is 0.522. The Kier molecular flexibility index (Phi) is 6.19. The molecule has 2 nitrogen and oxygen atoms in total. The van der Waals surface area contributed by atoms with Crippen molar-refractivity contribution in [3.8, 4) is 44.5 Å². The number of aromatic nitrogens is 2. The number of hydrogen-bond acceptors (Lipinski definition) is 2. The minimum atomic E-state index is 0.522. The number of hydrogen-bond donors (Lipinski definition) is 0. The molecule has 2 heteroatoms. The van der Waals surface area contributed by atoms with Gasteiger partial charge in [-0.3, -0.25) is 9.97 Å². The van der Waals surface area contributed by atoms with E-state index in [1.165, 1.54) is 54.9 Å². The van der Waals surface area contributed by atoms with Crippen LogP contribution in [0.5, 0.6) is 0 Å². The fourth-order valence-corrected chi connectivity index (χ4v) is 6.69. The van der Waals surface area contributed by atoms with Crippen LogP contribution in [-0.2, 0) is 6.42 Å². The molecular formula is C41H30N2. The molecule has 1 aliphatic rings. The summed E-state index contributed by atoms with van der Waals surface area (Å²) in [6.07, 6.45) is 13.3. The van der Waals surface area contributed by atoms with E-state index < -0.39 is 0 Å². The Hall–Kier alpha value is -5.34. The highest BCUT2D eigenvalue weighted by atomic mass is 14.6. The Labute approximate surface area is 252 Å². The van der Waals surface area contributed by atoms with Gasteiger partial charge in [0.25, 0.3) is 0 Å². The molecule has 7 aromatic rings. The minimum absolute atomic E-state index is 0.522. The first-order chi connectivity index (χ1) is 21.2. The molecule has 204 valence electrons. The molecule has 0 bridgehead atoms. The maximum atomic E-state index is 4.40. The van der Waals surface area contributed by atoms with Crippen molar-refractivity contribution >= 4 is 27.6 Å². The number of nitrogens with zero attached hydrogens (tertiary/aromatic N) is 2. The lowest BCUT2D eigenvalue weighted by molar-refractivity contribution is 0.722. The Morgan fingerprint density at radius 1 is 0.512 bits per heavy atom. The lowest BCUT2D eigenvalue weighted by Gasteiger charge is -2.22. The van der Waals surface area contributed by atoms with Gasteiger partial charge < -0.3 is 0 Å². The van der Waals surface area contributed by atoms with Crippen molar-refractivity contribution in [3.05, 3.63) is 151 Å². The van der Waals surface area contributed by atoms with Crippen LogP contribution in [0.3, 0.4) is 0 Å². The summed E-state index contributed by atoms with van der Waals surface area (Å²) in [6.45, 7) is 2.31. The van der Waals surface area contributed by atoms with Crippen LogP contribution in [0.15, 0.2) is 140 Å². The van der Waals surface area contributed by atoms with E-state index in [1.807, 2.05) is 36.9 Å². The number of rotatable bonds is 4. The van der Waals surface area contributed by atoms with Crippen LogP contribution in [-0.4, -0.2) is 9.97 Å².